The van der Waals surface area contributed by atoms with E-state index in [2.05, 4.69) is 6.92 Å². The van der Waals surface area contributed by atoms with Crippen LogP contribution in [0, 0.1) is 5.92 Å². The lowest BCUT2D eigenvalue weighted by atomic mass is 10.0. The lowest BCUT2D eigenvalue weighted by molar-refractivity contribution is 0.281. The lowest BCUT2D eigenvalue weighted by Gasteiger charge is -2.30. The number of nitrogens with zero attached hydrogens (tertiary/aromatic N) is 1. The first-order valence-corrected chi connectivity index (χ1v) is 7.70. The lowest BCUT2D eigenvalue weighted by Crippen LogP contribution is -2.39. The Balaban J connectivity index is 2.08. The van der Waals surface area contributed by atoms with E-state index >= 15 is 0 Å². The number of hydrogen-bond acceptors (Lipinski definition) is 2. The first-order valence-electron chi connectivity index (χ1n) is 6.10. The Morgan fingerprint density at radius 1 is 1.29 bits per heavy atom. The monoisotopic (exact) mass is 253 g/mol. The van der Waals surface area contributed by atoms with E-state index in [1.54, 1.807) is 4.31 Å². The van der Waals surface area contributed by atoms with E-state index in [9.17, 15) is 8.42 Å². The topological polar surface area (TPSA) is 37.4 Å². The summed E-state index contributed by atoms with van der Waals surface area (Å²) >= 11 is 0. The zero-order valence-corrected chi connectivity index (χ0v) is 11.0. The number of benzene rings is 1. The molecule has 1 fully saturated rings. The van der Waals surface area contributed by atoms with Crippen molar-refractivity contribution in [3.8, 4) is 0 Å². The fraction of sp³-hybridized carbons (Fsp3) is 0.538. The average molecular weight is 253 g/mol. The SMILES string of the molecule is C[C@@H]1CCCN(S(=O)(=O)Cc2ccccc2)C1. The van der Waals surface area contributed by atoms with Crippen molar-refractivity contribution in [3.63, 3.8) is 0 Å². The van der Waals surface area contributed by atoms with E-state index in [0.717, 1.165) is 18.4 Å². The molecule has 1 aliphatic heterocycles. The van der Waals surface area contributed by atoms with Crippen LogP contribution < -0.4 is 0 Å². The molecule has 94 valence electrons. The quantitative estimate of drug-likeness (QED) is 0.828. The molecule has 3 nitrogen and oxygen atoms in total. The molecule has 0 aliphatic carbocycles. The van der Waals surface area contributed by atoms with E-state index in [1.807, 2.05) is 30.3 Å². The molecule has 0 bridgehead atoms. The van der Waals surface area contributed by atoms with Gasteiger partial charge in [-0.2, -0.15) is 0 Å². The van der Waals surface area contributed by atoms with Crippen molar-refractivity contribution < 1.29 is 8.42 Å². The van der Waals surface area contributed by atoms with Gasteiger partial charge >= 0.3 is 0 Å². The summed E-state index contributed by atoms with van der Waals surface area (Å²) in [5, 5.41) is 0. The van der Waals surface area contributed by atoms with Crippen LogP contribution in [0.25, 0.3) is 0 Å². The minimum absolute atomic E-state index is 0.126. The third-order valence-electron chi connectivity index (χ3n) is 3.21. The van der Waals surface area contributed by atoms with Gasteiger partial charge in [-0.3, -0.25) is 0 Å². The van der Waals surface area contributed by atoms with E-state index in [4.69, 9.17) is 0 Å². The molecular weight excluding hydrogens is 234 g/mol. The molecule has 0 N–H and O–H groups in total. The normalized spacial score (nSPS) is 22.5. The standard InChI is InChI=1S/C13H19NO2S/c1-12-6-5-9-14(10-12)17(15,16)11-13-7-3-2-4-8-13/h2-4,7-8,12H,5-6,9-11H2,1H3/t12-/m1/s1. The summed E-state index contributed by atoms with van der Waals surface area (Å²) in [5.41, 5.74) is 0.866. The molecule has 2 rings (SSSR count). The third kappa shape index (κ3) is 3.30. The molecule has 0 aromatic heterocycles. The largest absolute Gasteiger partial charge is 0.218 e. The minimum atomic E-state index is -3.14. The van der Waals surface area contributed by atoms with Gasteiger partial charge in [0.05, 0.1) is 5.75 Å². The molecule has 0 amide bonds. The first-order chi connectivity index (χ1) is 8.08. The highest BCUT2D eigenvalue weighted by molar-refractivity contribution is 7.88. The summed E-state index contributed by atoms with van der Waals surface area (Å²) in [5.74, 6) is 0.606. The van der Waals surface area contributed by atoms with Gasteiger partial charge in [0, 0.05) is 13.1 Å². The van der Waals surface area contributed by atoms with Gasteiger partial charge in [-0.1, -0.05) is 37.3 Å². The van der Waals surface area contributed by atoms with Crippen LogP contribution in [0.1, 0.15) is 25.3 Å². The molecule has 0 unspecified atom stereocenters. The Bertz CT molecular complexity index is 456. The maximum absolute atomic E-state index is 12.2. The highest BCUT2D eigenvalue weighted by Crippen LogP contribution is 2.20. The maximum Gasteiger partial charge on any atom is 0.218 e. The average Bonchev–Trinajstić information content (AvgIpc) is 2.30. The summed E-state index contributed by atoms with van der Waals surface area (Å²) in [6.07, 6.45) is 2.12. The molecule has 0 saturated carbocycles. The van der Waals surface area contributed by atoms with Crippen LogP contribution in [0.5, 0.6) is 0 Å². The van der Waals surface area contributed by atoms with Crippen LogP contribution in [0.3, 0.4) is 0 Å². The van der Waals surface area contributed by atoms with Gasteiger partial charge in [0.25, 0.3) is 0 Å². The van der Waals surface area contributed by atoms with Crippen molar-refractivity contribution in [2.45, 2.75) is 25.5 Å². The van der Waals surface area contributed by atoms with Crippen LogP contribution >= 0.6 is 0 Å². The molecular formula is C13H19NO2S. The number of hydrogen-bond donors (Lipinski definition) is 0. The molecule has 0 radical (unpaired) electrons. The molecule has 17 heavy (non-hydrogen) atoms. The van der Waals surface area contributed by atoms with Crippen LogP contribution in [0.15, 0.2) is 30.3 Å². The van der Waals surface area contributed by atoms with E-state index in [-0.39, 0.29) is 5.75 Å². The zero-order chi connectivity index (χ0) is 12.3. The number of piperidine rings is 1. The predicted octanol–water partition coefficient (Wildman–Crippen LogP) is 2.25. The Morgan fingerprint density at radius 3 is 2.65 bits per heavy atom. The summed E-state index contributed by atoms with van der Waals surface area (Å²) in [4.78, 5) is 0. The smallest absolute Gasteiger partial charge is 0.212 e. The third-order valence-corrected chi connectivity index (χ3v) is 5.02. The van der Waals surface area contributed by atoms with Gasteiger partial charge in [-0.25, -0.2) is 12.7 Å². The summed E-state index contributed by atoms with van der Waals surface area (Å²) in [6.45, 7) is 3.47. The highest BCUT2D eigenvalue weighted by atomic mass is 32.2. The fourth-order valence-corrected chi connectivity index (χ4v) is 3.96. The van der Waals surface area contributed by atoms with E-state index in [0.29, 0.717) is 19.0 Å². The molecule has 1 aromatic rings. The number of sulfonamides is 1. The van der Waals surface area contributed by atoms with E-state index in [1.165, 1.54) is 0 Å². The van der Waals surface area contributed by atoms with Crippen LogP contribution in [-0.4, -0.2) is 25.8 Å². The van der Waals surface area contributed by atoms with Crippen molar-refractivity contribution in [2.24, 2.45) is 5.92 Å². The summed E-state index contributed by atoms with van der Waals surface area (Å²) < 4.78 is 26.1. The first kappa shape index (κ1) is 12.6. The van der Waals surface area contributed by atoms with Gasteiger partial charge in [0.2, 0.25) is 10.0 Å². The second-order valence-electron chi connectivity index (χ2n) is 4.85. The Hall–Kier alpha value is -0.870. The predicted molar refractivity (Wildman–Crippen MR) is 69.0 cm³/mol. The molecule has 1 aromatic carbocycles. The zero-order valence-electron chi connectivity index (χ0n) is 10.2. The summed E-state index contributed by atoms with van der Waals surface area (Å²) in [6, 6.07) is 9.39. The molecule has 1 atom stereocenters. The molecule has 1 aliphatic rings. The molecule has 4 heteroatoms. The van der Waals surface area contributed by atoms with Crippen molar-refractivity contribution in [3.05, 3.63) is 35.9 Å². The maximum atomic E-state index is 12.2. The van der Waals surface area contributed by atoms with E-state index < -0.39 is 10.0 Å². The Morgan fingerprint density at radius 2 is 2.00 bits per heavy atom. The fourth-order valence-electron chi connectivity index (χ4n) is 2.28. The molecule has 1 saturated heterocycles. The second kappa shape index (κ2) is 5.19. The molecule has 0 spiro atoms. The van der Waals surface area contributed by atoms with Gasteiger partial charge in [0.15, 0.2) is 0 Å². The Kier molecular flexibility index (Phi) is 3.84. The number of rotatable bonds is 3. The van der Waals surface area contributed by atoms with Crippen LogP contribution in [0.4, 0.5) is 0 Å². The minimum Gasteiger partial charge on any atom is -0.212 e. The van der Waals surface area contributed by atoms with Crippen molar-refractivity contribution in [2.75, 3.05) is 13.1 Å². The van der Waals surface area contributed by atoms with Gasteiger partial charge in [-0.15, -0.1) is 0 Å². The van der Waals surface area contributed by atoms with Gasteiger partial charge in [0.1, 0.15) is 0 Å². The van der Waals surface area contributed by atoms with Gasteiger partial charge < -0.3 is 0 Å². The van der Waals surface area contributed by atoms with Crippen LogP contribution in [-0.2, 0) is 15.8 Å². The van der Waals surface area contributed by atoms with Gasteiger partial charge in [-0.05, 0) is 24.3 Å². The highest BCUT2D eigenvalue weighted by Gasteiger charge is 2.26. The molecule has 1 heterocycles. The van der Waals surface area contributed by atoms with Crippen molar-refractivity contribution in [1.29, 1.82) is 0 Å². The van der Waals surface area contributed by atoms with Crippen molar-refractivity contribution in [1.82, 2.24) is 4.31 Å². The summed E-state index contributed by atoms with van der Waals surface area (Å²) in [7, 11) is -3.14. The Labute approximate surface area is 104 Å². The van der Waals surface area contributed by atoms with Crippen LogP contribution in [0.2, 0.25) is 0 Å². The van der Waals surface area contributed by atoms with Crippen molar-refractivity contribution >= 4 is 10.0 Å². The second-order valence-corrected chi connectivity index (χ2v) is 6.82.